The molecule has 0 spiro atoms. The zero-order valence-corrected chi connectivity index (χ0v) is 13.6. The van der Waals surface area contributed by atoms with E-state index in [2.05, 4.69) is 10.6 Å². The Balaban J connectivity index is 1.44. The van der Waals surface area contributed by atoms with E-state index < -0.39 is 0 Å². The molecule has 2 N–H and O–H groups in total. The van der Waals surface area contributed by atoms with Gasteiger partial charge < -0.3 is 20.0 Å². The molecule has 2 saturated heterocycles. The molecular weight excluding hydrogens is 294 g/mol. The van der Waals surface area contributed by atoms with Gasteiger partial charge in [0, 0.05) is 31.6 Å². The zero-order chi connectivity index (χ0) is 16.2. The smallest absolute Gasteiger partial charge is 0.255 e. The van der Waals surface area contributed by atoms with Gasteiger partial charge >= 0.3 is 0 Å². The van der Waals surface area contributed by atoms with Crippen LogP contribution in [0.2, 0.25) is 0 Å². The molecule has 0 radical (unpaired) electrons. The summed E-state index contributed by atoms with van der Waals surface area (Å²) in [6, 6.07) is 2.17. The summed E-state index contributed by atoms with van der Waals surface area (Å²) in [6.07, 6.45) is 6.02. The molecule has 3 rings (SSSR count). The normalized spacial score (nSPS) is 22.3. The van der Waals surface area contributed by atoms with E-state index in [9.17, 15) is 9.59 Å². The van der Waals surface area contributed by atoms with Crippen LogP contribution in [0.25, 0.3) is 0 Å². The van der Waals surface area contributed by atoms with Crippen molar-refractivity contribution >= 4 is 11.8 Å². The van der Waals surface area contributed by atoms with Gasteiger partial charge in [-0.25, -0.2) is 0 Å². The van der Waals surface area contributed by atoms with E-state index in [0.717, 1.165) is 38.9 Å². The van der Waals surface area contributed by atoms with Crippen LogP contribution in [0.4, 0.5) is 0 Å². The Labute approximate surface area is 136 Å². The molecule has 23 heavy (non-hydrogen) atoms. The summed E-state index contributed by atoms with van der Waals surface area (Å²) in [5.74, 6) is 0.787. The highest BCUT2D eigenvalue weighted by atomic mass is 16.3. The number of carbonyl (C=O) groups excluding carboxylic acids is 2. The van der Waals surface area contributed by atoms with Crippen molar-refractivity contribution in [2.45, 2.75) is 51.1 Å². The van der Waals surface area contributed by atoms with Crippen molar-refractivity contribution in [3.8, 4) is 0 Å². The van der Waals surface area contributed by atoms with E-state index in [1.54, 1.807) is 13.0 Å². The second-order valence-corrected chi connectivity index (χ2v) is 6.52. The van der Waals surface area contributed by atoms with Gasteiger partial charge in [-0.05, 0) is 45.2 Å². The third-order valence-corrected chi connectivity index (χ3v) is 4.87. The van der Waals surface area contributed by atoms with Crippen molar-refractivity contribution in [3.05, 3.63) is 23.7 Å². The second kappa shape index (κ2) is 7.17. The van der Waals surface area contributed by atoms with Gasteiger partial charge in [-0.1, -0.05) is 0 Å². The fourth-order valence-corrected chi connectivity index (χ4v) is 3.43. The van der Waals surface area contributed by atoms with Gasteiger partial charge in [0.1, 0.15) is 5.76 Å². The van der Waals surface area contributed by atoms with Crippen LogP contribution in [0, 0.1) is 6.92 Å². The van der Waals surface area contributed by atoms with Crippen LogP contribution in [0.15, 0.2) is 16.7 Å². The monoisotopic (exact) mass is 319 g/mol. The first-order valence-electron chi connectivity index (χ1n) is 8.49. The lowest BCUT2D eigenvalue weighted by atomic mass is 10.0. The van der Waals surface area contributed by atoms with E-state index in [0.29, 0.717) is 23.8 Å². The van der Waals surface area contributed by atoms with Gasteiger partial charge in [0.15, 0.2) is 0 Å². The molecule has 6 heteroatoms. The number of piperidine rings is 1. The molecule has 1 unspecified atom stereocenters. The number of hydrogen-bond acceptors (Lipinski definition) is 4. The van der Waals surface area contributed by atoms with Crippen molar-refractivity contribution in [3.63, 3.8) is 0 Å². The largest absolute Gasteiger partial charge is 0.469 e. The summed E-state index contributed by atoms with van der Waals surface area (Å²) in [5, 5.41) is 6.41. The summed E-state index contributed by atoms with van der Waals surface area (Å²) in [5.41, 5.74) is 0.593. The van der Waals surface area contributed by atoms with Crippen molar-refractivity contribution in [2.24, 2.45) is 0 Å². The topological polar surface area (TPSA) is 74.6 Å². The van der Waals surface area contributed by atoms with Crippen molar-refractivity contribution in [1.82, 2.24) is 15.5 Å². The first kappa shape index (κ1) is 16.1. The Bertz CT molecular complexity index is 555. The molecular formula is C17H25N3O3. The predicted octanol–water partition coefficient (Wildman–Crippen LogP) is 1.45. The number of nitrogens with zero attached hydrogens (tertiary/aromatic N) is 1. The van der Waals surface area contributed by atoms with Gasteiger partial charge in [0.05, 0.1) is 11.8 Å². The maximum absolute atomic E-state index is 12.3. The predicted molar refractivity (Wildman–Crippen MR) is 86.2 cm³/mol. The molecule has 126 valence electrons. The van der Waals surface area contributed by atoms with Crippen LogP contribution < -0.4 is 10.6 Å². The summed E-state index contributed by atoms with van der Waals surface area (Å²) < 4.78 is 5.17. The average Bonchev–Trinajstić information content (AvgIpc) is 3.19. The molecule has 0 aliphatic carbocycles. The quantitative estimate of drug-likeness (QED) is 0.881. The number of carbonyl (C=O) groups is 2. The van der Waals surface area contributed by atoms with E-state index in [4.69, 9.17) is 4.42 Å². The Kier molecular flexibility index (Phi) is 5.00. The first-order valence-corrected chi connectivity index (χ1v) is 8.49. The summed E-state index contributed by atoms with van der Waals surface area (Å²) in [4.78, 5) is 26.4. The first-order chi connectivity index (χ1) is 11.1. The van der Waals surface area contributed by atoms with E-state index in [-0.39, 0.29) is 17.9 Å². The molecule has 3 heterocycles. The van der Waals surface area contributed by atoms with Crippen LogP contribution in [0.1, 0.15) is 48.2 Å². The molecule has 2 fully saturated rings. The number of aryl methyl sites for hydroxylation is 1. The number of furan rings is 1. The lowest BCUT2D eigenvalue weighted by Crippen LogP contribution is -2.47. The number of rotatable bonds is 4. The Morgan fingerprint density at radius 2 is 2.13 bits per heavy atom. The van der Waals surface area contributed by atoms with E-state index in [1.807, 2.05) is 4.90 Å². The maximum atomic E-state index is 12.3. The van der Waals surface area contributed by atoms with Crippen LogP contribution in [-0.2, 0) is 4.79 Å². The summed E-state index contributed by atoms with van der Waals surface area (Å²) >= 11 is 0. The molecule has 0 saturated carbocycles. The van der Waals surface area contributed by atoms with Crippen LogP contribution in [0.3, 0.4) is 0 Å². The molecule has 0 aromatic carbocycles. The molecule has 2 aliphatic heterocycles. The summed E-state index contributed by atoms with van der Waals surface area (Å²) in [6.45, 7) is 4.26. The molecule has 2 aliphatic rings. The van der Waals surface area contributed by atoms with Crippen molar-refractivity contribution in [2.75, 3.05) is 19.6 Å². The van der Waals surface area contributed by atoms with E-state index in [1.165, 1.54) is 12.7 Å². The number of amides is 2. The van der Waals surface area contributed by atoms with Crippen LogP contribution >= 0.6 is 0 Å². The molecule has 1 aromatic rings. The summed E-state index contributed by atoms with van der Waals surface area (Å²) in [7, 11) is 0. The van der Waals surface area contributed by atoms with E-state index >= 15 is 0 Å². The Morgan fingerprint density at radius 1 is 1.35 bits per heavy atom. The Morgan fingerprint density at radius 3 is 2.74 bits per heavy atom. The standard InChI is InChI=1S/C17H25N3O3/c1-12-15(6-10-23-12)17(22)19-13-4-8-20(9-5-13)16(21)11-14-3-2-7-18-14/h6,10,13-14,18H,2-5,7-9,11H2,1H3,(H,19,22). The minimum Gasteiger partial charge on any atom is -0.469 e. The number of hydrogen-bond donors (Lipinski definition) is 2. The Hall–Kier alpha value is -1.82. The maximum Gasteiger partial charge on any atom is 0.255 e. The lowest BCUT2D eigenvalue weighted by Gasteiger charge is -2.33. The van der Waals surface area contributed by atoms with Gasteiger partial charge in [0.2, 0.25) is 5.91 Å². The number of likely N-dealkylation sites (tertiary alicyclic amines) is 1. The average molecular weight is 319 g/mol. The van der Waals surface area contributed by atoms with Crippen molar-refractivity contribution in [1.29, 1.82) is 0 Å². The molecule has 1 aromatic heterocycles. The van der Waals surface area contributed by atoms with Crippen molar-refractivity contribution < 1.29 is 14.0 Å². The fourth-order valence-electron chi connectivity index (χ4n) is 3.43. The fraction of sp³-hybridized carbons (Fsp3) is 0.647. The minimum atomic E-state index is -0.0869. The SMILES string of the molecule is Cc1occc1C(=O)NC1CCN(C(=O)CC2CCCN2)CC1. The highest BCUT2D eigenvalue weighted by Gasteiger charge is 2.27. The third kappa shape index (κ3) is 3.93. The molecule has 2 amide bonds. The van der Waals surface area contributed by atoms with Crippen LogP contribution in [-0.4, -0.2) is 48.4 Å². The van der Waals surface area contributed by atoms with Crippen LogP contribution in [0.5, 0.6) is 0 Å². The third-order valence-electron chi connectivity index (χ3n) is 4.87. The number of nitrogens with one attached hydrogen (secondary N) is 2. The molecule has 1 atom stereocenters. The lowest BCUT2D eigenvalue weighted by molar-refractivity contribution is -0.132. The molecule has 6 nitrogen and oxygen atoms in total. The highest BCUT2D eigenvalue weighted by molar-refractivity contribution is 5.95. The van der Waals surface area contributed by atoms with Gasteiger partial charge in [-0.15, -0.1) is 0 Å². The van der Waals surface area contributed by atoms with Gasteiger partial charge in [-0.2, -0.15) is 0 Å². The van der Waals surface area contributed by atoms with Gasteiger partial charge in [0.25, 0.3) is 5.91 Å². The second-order valence-electron chi connectivity index (χ2n) is 6.52. The minimum absolute atomic E-state index is 0.0869. The zero-order valence-electron chi connectivity index (χ0n) is 13.6. The molecule has 0 bridgehead atoms. The highest BCUT2D eigenvalue weighted by Crippen LogP contribution is 2.16. The van der Waals surface area contributed by atoms with Gasteiger partial charge in [-0.3, -0.25) is 9.59 Å².